The van der Waals surface area contributed by atoms with Crippen LogP contribution in [0.3, 0.4) is 0 Å². The second kappa shape index (κ2) is 8.28. The highest BCUT2D eigenvalue weighted by Crippen LogP contribution is 2.43. The number of fused-ring (bicyclic) bond motifs is 3. The minimum absolute atomic E-state index is 0.0234. The normalized spacial score (nSPS) is 35.8. The number of nitrogens with zero attached hydrogens (tertiary/aromatic N) is 2. The van der Waals surface area contributed by atoms with E-state index in [4.69, 9.17) is 22.1 Å². The molecule has 5 fully saturated rings. The lowest BCUT2D eigenvalue weighted by Crippen LogP contribution is -2.64. The number of benzene rings is 1. The Morgan fingerprint density at radius 3 is 2.62 bits per heavy atom. The van der Waals surface area contributed by atoms with Crippen molar-refractivity contribution in [3.63, 3.8) is 0 Å². The highest BCUT2D eigenvalue weighted by atomic mass is 35.5. The Kier molecular flexibility index (Phi) is 5.73. The predicted octanol–water partition coefficient (Wildman–Crippen LogP) is 2.41. The van der Waals surface area contributed by atoms with Gasteiger partial charge in [-0.1, -0.05) is 17.7 Å². The molecule has 174 valence electrons. The minimum atomic E-state index is -0.359. The number of nitrogens with one attached hydrogen (secondary N) is 1. The zero-order valence-electron chi connectivity index (χ0n) is 18.7. The van der Waals surface area contributed by atoms with Gasteiger partial charge in [-0.3, -0.25) is 19.8 Å². The quantitative estimate of drug-likeness (QED) is 0.671. The third-order valence-corrected chi connectivity index (χ3v) is 8.37. The fraction of sp³-hybridized carbons (Fsp3) is 0.667. The number of amides is 2. The molecule has 1 unspecified atom stereocenters. The number of hydrogen-bond acceptors (Lipinski definition) is 6. The van der Waals surface area contributed by atoms with E-state index in [1.807, 2.05) is 12.1 Å². The Morgan fingerprint density at radius 1 is 1.22 bits per heavy atom. The van der Waals surface area contributed by atoms with E-state index in [1.54, 1.807) is 0 Å². The zero-order chi connectivity index (χ0) is 22.5. The SMILES string of the molecule is C[C@@H]1CN(c2ccc(C3CCC(=O)NC3=O)c(Cl)c2)CCN1CC12CCC(N)(CC1)CO2. The van der Waals surface area contributed by atoms with Crippen LogP contribution in [0.25, 0.3) is 0 Å². The summed E-state index contributed by atoms with van der Waals surface area (Å²) in [6.07, 6.45) is 5.13. The molecule has 1 aliphatic carbocycles. The van der Waals surface area contributed by atoms with Crippen LogP contribution in [-0.4, -0.2) is 66.7 Å². The summed E-state index contributed by atoms with van der Waals surface area (Å²) in [5.74, 6) is -0.820. The largest absolute Gasteiger partial charge is 0.372 e. The lowest BCUT2D eigenvalue weighted by atomic mass is 9.71. The van der Waals surface area contributed by atoms with Crippen LogP contribution < -0.4 is 16.0 Å². The number of piperazine rings is 1. The molecule has 0 spiro atoms. The molecule has 2 bridgehead atoms. The van der Waals surface area contributed by atoms with E-state index in [2.05, 4.69) is 28.1 Å². The molecular weight excluding hydrogens is 428 g/mol. The molecule has 5 aliphatic rings. The maximum absolute atomic E-state index is 12.2. The van der Waals surface area contributed by atoms with Gasteiger partial charge in [0.05, 0.1) is 18.1 Å². The number of hydrogen-bond donors (Lipinski definition) is 2. The molecule has 0 radical (unpaired) electrons. The van der Waals surface area contributed by atoms with Gasteiger partial charge in [0.1, 0.15) is 0 Å². The number of carbonyl (C=O) groups excluding carboxylic acids is 2. The van der Waals surface area contributed by atoms with Crippen molar-refractivity contribution < 1.29 is 14.3 Å². The van der Waals surface area contributed by atoms with Gasteiger partial charge in [-0.15, -0.1) is 0 Å². The average Bonchev–Trinajstić information content (AvgIpc) is 2.77. The number of imide groups is 1. The fourth-order valence-corrected chi connectivity index (χ4v) is 6.12. The van der Waals surface area contributed by atoms with Crippen LogP contribution in [0.5, 0.6) is 0 Å². The Morgan fingerprint density at radius 2 is 2.00 bits per heavy atom. The summed E-state index contributed by atoms with van der Waals surface area (Å²) in [6.45, 7) is 6.78. The first-order valence-corrected chi connectivity index (χ1v) is 12.2. The number of anilines is 1. The predicted molar refractivity (Wildman–Crippen MR) is 124 cm³/mol. The van der Waals surface area contributed by atoms with Crippen LogP contribution in [0.1, 0.15) is 56.9 Å². The van der Waals surface area contributed by atoms with Gasteiger partial charge in [0.25, 0.3) is 0 Å². The van der Waals surface area contributed by atoms with Gasteiger partial charge in [-0.2, -0.15) is 0 Å². The average molecular weight is 461 g/mol. The number of nitrogens with two attached hydrogens (primary N) is 1. The molecule has 1 saturated carbocycles. The summed E-state index contributed by atoms with van der Waals surface area (Å²) < 4.78 is 6.28. The summed E-state index contributed by atoms with van der Waals surface area (Å²) in [4.78, 5) is 28.6. The van der Waals surface area contributed by atoms with E-state index in [0.29, 0.717) is 30.5 Å². The van der Waals surface area contributed by atoms with Crippen molar-refractivity contribution >= 4 is 29.1 Å². The summed E-state index contributed by atoms with van der Waals surface area (Å²) in [7, 11) is 0. The van der Waals surface area contributed by atoms with Crippen LogP contribution in [0.2, 0.25) is 5.02 Å². The lowest BCUT2D eigenvalue weighted by Gasteiger charge is -2.54. The molecule has 8 heteroatoms. The highest BCUT2D eigenvalue weighted by Gasteiger charge is 2.49. The van der Waals surface area contributed by atoms with Gasteiger partial charge in [0.2, 0.25) is 11.8 Å². The molecule has 2 amide bonds. The topological polar surface area (TPSA) is 87.9 Å². The van der Waals surface area contributed by atoms with Crippen LogP contribution in [0, 0.1) is 0 Å². The Labute approximate surface area is 194 Å². The van der Waals surface area contributed by atoms with Crippen molar-refractivity contribution in [1.29, 1.82) is 0 Å². The van der Waals surface area contributed by atoms with Crippen molar-refractivity contribution in [1.82, 2.24) is 10.2 Å². The molecule has 6 rings (SSSR count). The van der Waals surface area contributed by atoms with E-state index >= 15 is 0 Å². The lowest BCUT2D eigenvalue weighted by molar-refractivity contribution is -0.165. The van der Waals surface area contributed by atoms with E-state index in [0.717, 1.165) is 63.1 Å². The van der Waals surface area contributed by atoms with Crippen molar-refractivity contribution in [3.05, 3.63) is 28.8 Å². The first kappa shape index (κ1) is 22.1. The Balaban J connectivity index is 1.22. The van der Waals surface area contributed by atoms with Crippen LogP contribution in [-0.2, 0) is 14.3 Å². The maximum Gasteiger partial charge on any atom is 0.234 e. The van der Waals surface area contributed by atoms with Crippen molar-refractivity contribution in [3.8, 4) is 0 Å². The molecule has 3 N–H and O–H groups in total. The first-order chi connectivity index (χ1) is 15.3. The molecule has 4 saturated heterocycles. The summed E-state index contributed by atoms with van der Waals surface area (Å²) in [5.41, 5.74) is 8.15. The Hall–Kier alpha value is -1.67. The summed E-state index contributed by atoms with van der Waals surface area (Å²) in [5, 5.41) is 3.01. The number of rotatable bonds is 4. The molecule has 7 nitrogen and oxygen atoms in total. The number of halogens is 1. The molecule has 1 aromatic rings. The minimum Gasteiger partial charge on any atom is -0.372 e. The maximum atomic E-state index is 12.2. The Bertz CT molecular complexity index is 898. The van der Waals surface area contributed by atoms with E-state index in [9.17, 15) is 9.59 Å². The van der Waals surface area contributed by atoms with Gasteiger partial charge in [-0.25, -0.2) is 0 Å². The van der Waals surface area contributed by atoms with Crippen molar-refractivity contribution in [2.45, 2.75) is 68.5 Å². The van der Waals surface area contributed by atoms with Gasteiger partial charge in [0.15, 0.2) is 0 Å². The van der Waals surface area contributed by atoms with Gasteiger partial charge in [0, 0.05) is 54.9 Å². The van der Waals surface area contributed by atoms with Gasteiger partial charge >= 0.3 is 0 Å². The standard InChI is InChI=1S/C24H33ClN4O3/c1-16-13-28(10-11-29(16)14-24-8-6-23(26,7-9-24)15-32-24)17-2-3-18(20(25)12-17)19-4-5-21(30)27-22(19)31/h2-3,12,16,19H,4-11,13-15,26H2,1H3,(H,27,30,31)/t16-,19?,23?,24?/m1/s1. The highest BCUT2D eigenvalue weighted by molar-refractivity contribution is 6.32. The first-order valence-electron chi connectivity index (χ1n) is 11.8. The molecule has 32 heavy (non-hydrogen) atoms. The van der Waals surface area contributed by atoms with E-state index in [-0.39, 0.29) is 28.9 Å². The second-order valence-electron chi connectivity index (χ2n) is 10.3. The molecular formula is C24H33ClN4O3. The molecule has 4 aliphatic heterocycles. The number of piperidine rings is 1. The van der Waals surface area contributed by atoms with E-state index in [1.165, 1.54) is 0 Å². The molecule has 2 atom stereocenters. The van der Waals surface area contributed by atoms with E-state index < -0.39 is 0 Å². The summed E-state index contributed by atoms with van der Waals surface area (Å²) >= 11 is 6.60. The zero-order valence-corrected chi connectivity index (χ0v) is 19.5. The third kappa shape index (κ3) is 4.16. The van der Waals surface area contributed by atoms with Gasteiger partial charge in [-0.05, 0) is 56.7 Å². The van der Waals surface area contributed by atoms with Crippen LogP contribution in [0.15, 0.2) is 18.2 Å². The van der Waals surface area contributed by atoms with Crippen LogP contribution in [0.4, 0.5) is 5.69 Å². The van der Waals surface area contributed by atoms with Crippen LogP contribution >= 0.6 is 11.6 Å². The summed E-state index contributed by atoms with van der Waals surface area (Å²) in [6, 6.07) is 6.37. The van der Waals surface area contributed by atoms with Crippen molar-refractivity contribution in [2.75, 3.05) is 37.7 Å². The monoisotopic (exact) mass is 460 g/mol. The number of carbonyl (C=O) groups is 2. The fourth-order valence-electron chi connectivity index (χ4n) is 5.81. The van der Waals surface area contributed by atoms with Gasteiger partial charge < -0.3 is 15.4 Å². The molecule has 4 heterocycles. The molecule has 1 aromatic carbocycles. The third-order valence-electron chi connectivity index (χ3n) is 8.04. The molecule has 0 aromatic heterocycles. The second-order valence-corrected chi connectivity index (χ2v) is 10.7. The smallest absolute Gasteiger partial charge is 0.234 e. The van der Waals surface area contributed by atoms with Crippen molar-refractivity contribution in [2.24, 2.45) is 5.73 Å². The number of ether oxygens (including phenoxy) is 1.